The van der Waals surface area contributed by atoms with E-state index in [2.05, 4.69) is 34.6 Å². The van der Waals surface area contributed by atoms with E-state index in [1.54, 1.807) is 0 Å². The standard InChI is InChI=1S/C12H25/c1-6-8-11(5)12(9-7-2)10(3)4/h10-12H,5-9H2,1-4H3/q-1. The van der Waals surface area contributed by atoms with Gasteiger partial charge in [-0.05, 0) is 5.92 Å². The summed E-state index contributed by atoms with van der Waals surface area (Å²) < 4.78 is 0. The Bertz CT molecular complexity index is 94.2. The maximum Gasteiger partial charge on any atom is -0.0465 e. The van der Waals surface area contributed by atoms with Crippen LogP contribution in [0, 0.1) is 24.7 Å². The Morgan fingerprint density at radius 3 is 1.83 bits per heavy atom. The minimum absolute atomic E-state index is 0.676. The van der Waals surface area contributed by atoms with Crippen molar-refractivity contribution in [2.75, 3.05) is 0 Å². The van der Waals surface area contributed by atoms with Crippen LogP contribution in [-0.4, -0.2) is 0 Å². The highest BCUT2D eigenvalue weighted by molar-refractivity contribution is 4.73. The molecule has 0 fully saturated rings. The summed E-state index contributed by atoms with van der Waals surface area (Å²) in [6.07, 6.45) is 5.23. The first-order valence-corrected chi connectivity index (χ1v) is 5.46. The molecule has 0 amide bonds. The van der Waals surface area contributed by atoms with Crippen LogP contribution in [0.3, 0.4) is 0 Å². The van der Waals surface area contributed by atoms with Gasteiger partial charge in [-0.3, -0.25) is 0 Å². The SMILES string of the molecule is [CH2-]C(CCC)C(CCC)C(C)C. The van der Waals surface area contributed by atoms with Gasteiger partial charge in [-0.2, -0.15) is 5.92 Å². The monoisotopic (exact) mass is 169 g/mol. The third kappa shape index (κ3) is 4.13. The maximum absolute atomic E-state index is 4.27. The molecular weight excluding hydrogens is 144 g/mol. The molecule has 0 saturated heterocycles. The summed E-state index contributed by atoms with van der Waals surface area (Å²) in [6, 6.07) is 0. The molecule has 0 rings (SSSR count). The molecule has 0 radical (unpaired) electrons. The molecule has 0 aliphatic carbocycles. The van der Waals surface area contributed by atoms with Crippen molar-refractivity contribution < 1.29 is 0 Å². The van der Waals surface area contributed by atoms with Gasteiger partial charge in [0.2, 0.25) is 0 Å². The van der Waals surface area contributed by atoms with Crippen LogP contribution in [0.2, 0.25) is 0 Å². The van der Waals surface area contributed by atoms with Gasteiger partial charge in [0.1, 0.15) is 0 Å². The minimum atomic E-state index is 0.676. The predicted molar refractivity (Wildman–Crippen MR) is 57.0 cm³/mol. The first-order chi connectivity index (χ1) is 5.63. The van der Waals surface area contributed by atoms with Crippen LogP contribution in [0.1, 0.15) is 53.4 Å². The highest BCUT2D eigenvalue weighted by Crippen LogP contribution is 2.28. The summed E-state index contributed by atoms with van der Waals surface area (Å²) in [7, 11) is 0. The highest BCUT2D eigenvalue weighted by atomic mass is 14.2. The summed E-state index contributed by atoms with van der Waals surface area (Å²) >= 11 is 0. The van der Waals surface area contributed by atoms with Crippen LogP contribution in [0.15, 0.2) is 0 Å². The maximum atomic E-state index is 4.27. The molecule has 2 unspecified atom stereocenters. The molecule has 0 nitrogen and oxygen atoms in total. The van der Waals surface area contributed by atoms with Crippen molar-refractivity contribution in [2.24, 2.45) is 17.8 Å². The summed E-state index contributed by atoms with van der Waals surface area (Å²) in [5, 5.41) is 0. The summed E-state index contributed by atoms with van der Waals surface area (Å²) in [5.41, 5.74) is 0. The van der Waals surface area contributed by atoms with Crippen molar-refractivity contribution in [3.63, 3.8) is 0 Å². The second kappa shape index (κ2) is 6.51. The van der Waals surface area contributed by atoms with Gasteiger partial charge in [0.15, 0.2) is 0 Å². The van der Waals surface area contributed by atoms with Crippen molar-refractivity contribution in [1.29, 1.82) is 0 Å². The third-order valence-corrected chi connectivity index (χ3v) is 2.74. The van der Waals surface area contributed by atoms with Gasteiger partial charge < -0.3 is 6.92 Å². The van der Waals surface area contributed by atoms with Crippen LogP contribution in [0.4, 0.5) is 0 Å². The third-order valence-electron chi connectivity index (χ3n) is 2.74. The summed E-state index contributed by atoms with van der Waals surface area (Å²) in [4.78, 5) is 0. The second-order valence-electron chi connectivity index (χ2n) is 4.25. The van der Waals surface area contributed by atoms with E-state index < -0.39 is 0 Å². The lowest BCUT2D eigenvalue weighted by Crippen LogP contribution is -2.17. The van der Waals surface area contributed by atoms with Crippen LogP contribution >= 0.6 is 0 Å². The van der Waals surface area contributed by atoms with E-state index in [0.29, 0.717) is 5.92 Å². The zero-order valence-corrected chi connectivity index (χ0v) is 9.27. The molecule has 0 heteroatoms. The molecule has 12 heavy (non-hydrogen) atoms. The van der Waals surface area contributed by atoms with E-state index in [1.807, 2.05) is 0 Å². The smallest absolute Gasteiger partial charge is 0.0465 e. The van der Waals surface area contributed by atoms with Gasteiger partial charge in [0, 0.05) is 0 Å². The molecule has 0 heterocycles. The fourth-order valence-corrected chi connectivity index (χ4v) is 2.03. The quantitative estimate of drug-likeness (QED) is 0.520. The first kappa shape index (κ1) is 12.0. The molecule has 0 saturated carbocycles. The van der Waals surface area contributed by atoms with Gasteiger partial charge in [-0.25, -0.2) is 0 Å². The van der Waals surface area contributed by atoms with Gasteiger partial charge in [0.05, 0.1) is 0 Å². The number of hydrogen-bond acceptors (Lipinski definition) is 0. The Labute approximate surface area is 78.8 Å². The van der Waals surface area contributed by atoms with Crippen LogP contribution in [0.5, 0.6) is 0 Å². The van der Waals surface area contributed by atoms with Gasteiger partial charge in [0.25, 0.3) is 0 Å². The van der Waals surface area contributed by atoms with Gasteiger partial charge in [-0.1, -0.05) is 59.3 Å². The van der Waals surface area contributed by atoms with Crippen molar-refractivity contribution in [3.8, 4) is 0 Å². The molecule has 0 aromatic carbocycles. The lowest BCUT2D eigenvalue weighted by Gasteiger charge is -2.32. The van der Waals surface area contributed by atoms with Crippen LogP contribution in [0.25, 0.3) is 0 Å². The topological polar surface area (TPSA) is 0 Å². The predicted octanol–water partition coefficient (Wildman–Crippen LogP) is 4.31. The van der Waals surface area contributed by atoms with E-state index in [-0.39, 0.29) is 0 Å². The molecule has 74 valence electrons. The first-order valence-electron chi connectivity index (χ1n) is 5.46. The average Bonchev–Trinajstić information content (AvgIpc) is 1.99. The molecule has 0 bridgehead atoms. The zero-order chi connectivity index (χ0) is 9.56. The lowest BCUT2D eigenvalue weighted by molar-refractivity contribution is 0.260. The Morgan fingerprint density at radius 2 is 1.50 bits per heavy atom. The van der Waals surface area contributed by atoms with E-state index in [0.717, 1.165) is 11.8 Å². The van der Waals surface area contributed by atoms with Crippen molar-refractivity contribution >= 4 is 0 Å². The molecule has 2 atom stereocenters. The Morgan fingerprint density at radius 1 is 1.00 bits per heavy atom. The van der Waals surface area contributed by atoms with Crippen molar-refractivity contribution in [1.82, 2.24) is 0 Å². The van der Waals surface area contributed by atoms with Crippen LogP contribution in [-0.2, 0) is 0 Å². The second-order valence-corrected chi connectivity index (χ2v) is 4.25. The zero-order valence-electron chi connectivity index (χ0n) is 9.27. The highest BCUT2D eigenvalue weighted by Gasteiger charge is 2.14. The van der Waals surface area contributed by atoms with Gasteiger partial charge in [-0.15, -0.1) is 0 Å². The van der Waals surface area contributed by atoms with E-state index in [9.17, 15) is 0 Å². The van der Waals surface area contributed by atoms with Crippen molar-refractivity contribution in [3.05, 3.63) is 6.92 Å². The van der Waals surface area contributed by atoms with E-state index in [4.69, 9.17) is 0 Å². The van der Waals surface area contributed by atoms with E-state index in [1.165, 1.54) is 25.7 Å². The molecule has 0 aliphatic heterocycles. The minimum Gasteiger partial charge on any atom is -0.340 e. The van der Waals surface area contributed by atoms with Gasteiger partial charge >= 0.3 is 0 Å². The summed E-state index contributed by atoms with van der Waals surface area (Å²) in [5.74, 6) is 2.32. The molecule has 0 aromatic rings. The van der Waals surface area contributed by atoms with Crippen molar-refractivity contribution in [2.45, 2.75) is 53.4 Å². The van der Waals surface area contributed by atoms with Crippen LogP contribution < -0.4 is 0 Å². The fourth-order valence-electron chi connectivity index (χ4n) is 2.03. The van der Waals surface area contributed by atoms with E-state index >= 15 is 0 Å². The average molecular weight is 169 g/mol. The fraction of sp³-hybridized carbons (Fsp3) is 0.917. The molecule has 0 spiro atoms. The number of rotatable bonds is 6. The summed E-state index contributed by atoms with van der Waals surface area (Å²) in [6.45, 7) is 13.4. The Balaban J connectivity index is 3.90. The lowest BCUT2D eigenvalue weighted by atomic mass is 9.79. The number of hydrogen-bond donors (Lipinski definition) is 0. The normalized spacial score (nSPS) is 16.5. The molecule has 0 N–H and O–H groups in total. The largest absolute Gasteiger partial charge is 0.340 e. The molecule has 0 aliphatic rings. The molecule has 0 aromatic heterocycles. The Kier molecular flexibility index (Phi) is 6.51. The molecular formula is C12H25-. The Hall–Kier alpha value is 0.